The maximum absolute atomic E-state index is 15.0. The van der Waals surface area contributed by atoms with E-state index in [9.17, 15) is 8.78 Å². The summed E-state index contributed by atoms with van der Waals surface area (Å²) < 4.78 is 52.7. The molecule has 5 nitrogen and oxygen atoms in total. The number of benzene rings is 4. The number of hydrogen-bond acceptors (Lipinski definition) is 4. The van der Waals surface area contributed by atoms with Crippen LogP contribution < -0.4 is 19.1 Å². The molecule has 0 spiro atoms. The van der Waals surface area contributed by atoms with Gasteiger partial charge in [0.15, 0.2) is 28.7 Å². The Morgan fingerprint density at radius 1 is 0.789 bits per heavy atom. The van der Waals surface area contributed by atoms with Crippen LogP contribution in [0, 0.1) is 11.6 Å². The molecule has 0 bridgehead atoms. The standard InChI is InChI=1S/C31H27F2NO4/c1-35-28-9-7-20(17-25(28)32)31(21-8-10-29(36-2)26(33)18-21)12-11-24-22-5-3-4-6-23(22)27(19-30(24)38-31)34-13-15-37-16-14-34/h3-12,17-19H,13-16H2,1-2H3/p+1. The van der Waals surface area contributed by atoms with E-state index in [4.69, 9.17) is 18.9 Å². The number of halogens is 2. The largest absolute Gasteiger partial charge is 0.494 e. The Balaban J connectivity index is 1.57. The summed E-state index contributed by atoms with van der Waals surface area (Å²) >= 11 is 0. The third-order valence-corrected chi connectivity index (χ3v) is 7.44. The Morgan fingerprint density at radius 2 is 1.39 bits per heavy atom. The first-order chi connectivity index (χ1) is 18.5. The summed E-state index contributed by atoms with van der Waals surface area (Å²) in [5.41, 5.74) is 1.78. The van der Waals surface area contributed by atoms with Crippen molar-refractivity contribution in [3.63, 3.8) is 0 Å². The second kappa shape index (κ2) is 9.74. The van der Waals surface area contributed by atoms with Crippen molar-refractivity contribution < 1.29 is 32.6 Å². The molecule has 38 heavy (non-hydrogen) atoms. The van der Waals surface area contributed by atoms with Gasteiger partial charge in [-0.25, -0.2) is 8.78 Å². The van der Waals surface area contributed by atoms with Gasteiger partial charge < -0.3 is 18.9 Å². The molecule has 4 aromatic carbocycles. The summed E-state index contributed by atoms with van der Waals surface area (Å²) in [6.07, 6.45) is 3.86. The van der Waals surface area contributed by atoms with Crippen molar-refractivity contribution in [3.8, 4) is 17.2 Å². The summed E-state index contributed by atoms with van der Waals surface area (Å²) in [4.78, 5) is 1.31. The lowest BCUT2D eigenvalue weighted by Gasteiger charge is -2.37. The van der Waals surface area contributed by atoms with Crippen LogP contribution >= 0.6 is 0 Å². The number of nitrogens with one attached hydrogen (secondary N) is 1. The molecule has 1 fully saturated rings. The predicted molar refractivity (Wildman–Crippen MR) is 141 cm³/mol. The highest BCUT2D eigenvalue weighted by Gasteiger charge is 2.39. The van der Waals surface area contributed by atoms with Crippen molar-refractivity contribution in [1.29, 1.82) is 0 Å². The molecule has 7 heteroatoms. The van der Waals surface area contributed by atoms with E-state index in [1.807, 2.05) is 24.3 Å². The highest BCUT2D eigenvalue weighted by Crippen LogP contribution is 2.46. The Bertz CT molecular complexity index is 1490. The van der Waals surface area contributed by atoms with Gasteiger partial charge in [-0.1, -0.05) is 30.3 Å². The van der Waals surface area contributed by atoms with Gasteiger partial charge in [0, 0.05) is 28.1 Å². The van der Waals surface area contributed by atoms with Crippen LogP contribution in [0.25, 0.3) is 16.8 Å². The Morgan fingerprint density at radius 3 is 1.97 bits per heavy atom. The summed E-state index contributed by atoms with van der Waals surface area (Å²) in [6, 6.07) is 19.7. The zero-order valence-electron chi connectivity index (χ0n) is 21.2. The second-order valence-corrected chi connectivity index (χ2v) is 9.47. The van der Waals surface area contributed by atoms with E-state index >= 15 is 0 Å². The number of quaternary nitrogens is 1. The fourth-order valence-electron chi connectivity index (χ4n) is 5.49. The topological polar surface area (TPSA) is 41.4 Å². The average molecular weight is 517 g/mol. The minimum Gasteiger partial charge on any atom is -0.494 e. The minimum atomic E-state index is -1.28. The van der Waals surface area contributed by atoms with Gasteiger partial charge in [0.2, 0.25) is 0 Å². The first kappa shape index (κ1) is 24.4. The van der Waals surface area contributed by atoms with Crippen LogP contribution in [0.3, 0.4) is 0 Å². The maximum atomic E-state index is 15.0. The fraction of sp³-hybridized carbons (Fsp3) is 0.226. The van der Waals surface area contributed by atoms with Crippen molar-refractivity contribution >= 4 is 22.5 Å². The van der Waals surface area contributed by atoms with Gasteiger partial charge in [-0.3, -0.25) is 4.90 Å². The smallest absolute Gasteiger partial charge is 0.178 e. The lowest BCUT2D eigenvalue weighted by atomic mass is 9.82. The number of hydrogen-bond donors (Lipinski definition) is 1. The van der Waals surface area contributed by atoms with Gasteiger partial charge in [0.25, 0.3) is 0 Å². The highest BCUT2D eigenvalue weighted by molar-refractivity contribution is 5.99. The summed E-state index contributed by atoms with van der Waals surface area (Å²) in [6.45, 7) is 3.05. The number of morpholine rings is 1. The molecule has 2 heterocycles. The third-order valence-electron chi connectivity index (χ3n) is 7.44. The summed E-state index contributed by atoms with van der Waals surface area (Å²) in [7, 11) is 2.83. The first-order valence-corrected chi connectivity index (χ1v) is 12.6. The molecule has 0 unspecified atom stereocenters. The van der Waals surface area contributed by atoms with Gasteiger partial charge in [-0.15, -0.1) is 0 Å². The van der Waals surface area contributed by atoms with Crippen LogP contribution in [0.15, 0.2) is 72.8 Å². The lowest BCUT2D eigenvalue weighted by molar-refractivity contribution is -0.841. The van der Waals surface area contributed by atoms with Crippen LogP contribution in [0.4, 0.5) is 14.5 Å². The Kier molecular flexibility index (Phi) is 6.26. The molecule has 0 amide bonds. The molecule has 2 aliphatic heterocycles. The molecule has 2 aliphatic rings. The van der Waals surface area contributed by atoms with Crippen LogP contribution in [0.1, 0.15) is 16.7 Å². The van der Waals surface area contributed by atoms with E-state index in [1.54, 1.807) is 24.3 Å². The van der Waals surface area contributed by atoms with Crippen molar-refractivity contribution in [1.82, 2.24) is 0 Å². The van der Waals surface area contributed by atoms with Crippen molar-refractivity contribution in [2.45, 2.75) is 5.60 Å². The molecule has 0 aliphatic carbocycles. The summed E-state index contributed by atoms with van der Waals surface area (Å²) in [5.74, 6) is -0.174. The molecule has 194 valence electrons. The fourth-order valence-corrected chi connectivity index (χ4v) is 5.49. The van der Waals surface area contributed by atoms with E-state index in [1.165, 1.54) is 31.3 Å². The molecular weight excluding hydrogens is 488 g/mol. The zero-order chi connectivity index (χ0) is 26.3. The van der Waals surface area contributed by atoms with E-state index in [0.717, 1.165) is 35.1 Å². The SMILES string of the molecule is COc1ccc(C2(c3ccc(OC)c(F)c3)C=Cc3c(cc([NH+]4CCOCC4)c4ccccc34)O2)cc1F. The second-order valence-electron chi connectivity index (χ2n) is 9.47. The zero-order valence-corrected chi connectivity index (χ0v) is 21.2. The number of ether oxygens (including phenoxy) is 4. The molecule has 1 N–H and O–H groups in total. The third kappa shape index (κ3) is 3.99. The van der Waals surface area contributed by atoms with Crippen LogP contribution in [0.5, 0.6) is 17.2 Å². The average Bonchev–Trinajstić information content (AvgIpc) is 2.96. The molecule has 6 rings (SSSR count). The number of rotatable bonds is 5. The van der Waals surface area contributed by atoms with Gasteiger partial charge in [0.05, 0.1) is 27.4 Å². The molecule has 0 atom stereocenters. The Labute approximate surface area is 219 Å². The van der Waals surface area contributed by atoms with Crippen molar-refractivity contribution in [2.24, 2.45) is 0 Å². The van der Waals surface area contributed by atoms with Crippen LogP contribution in [0.2, 0.25) is 0 Å². The van der Waals surface area contributed by atoms with Gasteiger partial charge >= 0.3 is 0 Å². The Hall–Kier alpha value is -3.94. The van der Waals surface area contributed by atoms with Gasteiger partial charge in [0.1, 0.15) is 24.5 Å². The molecule has 0 saturated carbocycles. The predicted octanol–water partition coefficient (Wildman–Crippen LogP) is 5.03. The molecular formula is C31H28F2NO4+. The lowest BCUT2D eigenvalue weighted by Crippen LogP contribution is -3.09. The number of fused-ring (bicyclic) bond motifs is 3. The van der Waals surface area contributed by atoms with Crippen molar-refractivity contribution in [2.75, 3.05) is 40.5 Å². The molecule has 0 radical (unpaired) electrons. The monoisotopic (exact) mass is 516 g/mol. The van der Waals surface area contributed by atoms with E-state index in [2.05, 4.69) is 18.2 Å². The van der Waals surface area contributed by atoms with Gasteiger partial charge in [-0.2, -0.15) is 0 Å². The van der Waals surface area contributed by atoms with E-state index in [-0.39, 0.29) is 11.5 Å². The quantitative estimate of drug-likeness (QED) is 0.404. The van der Waals surface area contributed by atoms with E-state index in [0.29, 0.717) is 30.1 Å². The minimum absolute atomic E-state index is 0.120. The first-order valence-electron chi connectivity index (χ1n) is 12.6. The van der Waals surface area contributed by atoms with E-state index < -0.39 is 17.2 Å². The maximum Gasteiger partial charge on any atom is 0.178 e. The molecule has 0 aromatic heterocycles. The van der Waals surface area contributed by atoms with Crippen LogP contribution in [-0.4, -0.2) is 40.5 Å². The normalized spacial score (nSPS) is 16.6. The van der Waals surface area contributed by atoms with Crippen LogP contribution in [-0.2, 0) is 10.3 Å². The van der Waals surface area contributed by atoms with Gasteiger partial charge in [-0.05, 0) is 47.9 Å². The summed E-state index contributed by atoms with van der Waals surface area (Å²) in [5, 5.41) is 2.21. The molecule has 4 aromatic rings. The number of methoxy groups -OCH3 is 2. The highest BCUT2D eigenvalue weighted by atomic mass is 19.1. The molecule has 1 saturated heterocycles. The van der Waals surface area contributed by atoms with Crippen molar-refractivity contribution in [3.05, 3.63) is 101 Å².